The predicted octanol–water partition coefficient (Wildman–Crippen LogP) is 3.56. The molecule has 0 bridgehead atoms. The summed E-state index contributed by atoms with van der Waals surface area (Å²) in [5, 5.41) is 3.79. The Kier molecular flexibility index (Phi) is 4.62. The number of hydrogen-bond acceptors (Lipinski definition) is 2. The van der Waals surface area contributed by atoms with Crippen molar-refractivity contribution in [1.82, 2.24) is 5.32 Å². The van der Waals surface area contributed by atoms with Crippen LogP contribution in [0, 0.1) is 22.7 Å². The molecule has 0 spiro atoms. The SMILES string of the molecule is CCCC1(CNCC2CCC(N)C(C)C2(C)C)CC1. The van der Waals surface area contributed by atoms with Crippen molar-refractivity contribution >= 4 is 0 Å². The van der Waals surface area contributed by atoms with Crippen LogP contribution >= 0.6 is 0 Å². The van der Waals surface area contributed by atoms with E-state index in [1.54, 1.807) is 0 Å². The first-order chi connectivity index (χ1) is 8.91. The monoisotopic (exact) mass is 266 g/mol. The summed E-state index contributed by atoms with van der Waals surface area (Å²) in [4.78, 5) is 0. The summed E-state index contributed by atoms with van der Waals surface area (Å²) in [7, 11) is 0. The number of nitrogens with one attached hydrogen (secondary N) is 1. The molecular formula is C17H34N2. The largest absolute Gasteiger partial charge is 0.327 e. The summed E-state index contributed by atoms with van der Waals surface area (Å²) in [6.45, 7) is 11.9. The van der Waals surface area contributed by atoms with Crippen molar-refractivity contribution in [2.45, 2.75) is 72.3 Å². The average molecular weight is 266 g/mol. The molecule has 0 amide bonds. The molecule has 2 heteroatoms. The second-order valence-electron chi connectivity index (χ2n) is 7.93. The minimum Gasteiger partial charge on any atom is -0.327 e. The lowest BCUT2D eigenvalue weighted by molar-refractivity contribution is 0.0532. The Morgan fingerprint density at radius 3 is 2.47 bits per heavy atom. The number of rotatable bonds is 6. The Hall–Kier alpha value is -0.0800. The van der Waals surface area contributed by atoms with Crippen molar-refractivity contribution in [3.05, 3.63) is 0 Å². The highest BCUT2D eigenvalue weighted by molar-refractivity contribution is 4.97. The van der Waals surface area contributed by atoms with E-state index in [1.807, 2.05) is 0 Å². The van der Waals surface area contributed by atoms with E-state index < -0.39 is 0 Å². The van der Waals surface area contributed by atoms with Crippen LogP contribution in [0.4, 0.5) is 0 Å². The van der Waals surface area contributed by atoms with Crippen molar-refractivity contribution in [2.75, 3.05) is 13.1 Å². The van der Waals surface area contributed by atoms with Gasteiger partial charge in [0, 0.05) is 12.6 Å². The third-order valence-corrected chi connectivity index (χ3v) is 6.34. The van der Waals surface area contributed by atoms with Gasteiger partial charge in [-0.3, -0.25) is 0 Å². The van der Waals surface area contributed by atoms with Gasteiger partial charge >= 0.3 is 0 Å². The van der Waals surface area contributed by atoms with E-state index >= 15 is 0 Å². The van der Waals surface area contributed by atoms with Crippen molar-refractivity contribution in [3.8, 4) is 0 Å². The summed E-state index contributed by atoms with van der Waals surface area (Å²) in [5.74, 6) is 1.43. The van der Waals surface area contributed by atoms with Crippen molar-refractivity contribution in [2.24, 2.45) is 28.4 Å². The molecule has 2 saturated carbocycles. The van der Waals surface area contributed by atoms with Gasteiger partial charge in [-0.05, 0) is 61.3 Å². The van der Waals surface area contributed by atoms with Gasteiger partial charge in [-0.15, -0.1) is 0 Å². The van der Waals surface area contributed by atoms with E-state index in [2.05, 4.69) is 33.0 Å². The van der Waals surface area contributed by atoms with Crippen LogP contribution in [-0.4, -0.2) is 19.1 Å². The van der Waals surface area contributed by atoms with Crippen LogP contribution in [0.15, 0.2) is 0 Å². The van der Waals surface area contributed by atoms with E-state index in [4.69, 9.17) is 5.73 Å². The molecule has 2 aliphatic carbocycles. The van der Waals surface area contributed by atoms with Gasteiger partial charge in [-0.1, -0.05) is 34.1 Å². The van der Waals surface area contributed by atoms with Gasteiger partial charge in [0.1, 0.15) is 0 Å². The first kappa shape index (κ1) is 15.3. The van der Waals surface area contributed by atoms with E-state index in [0.29, 0.717) is 22.8 Å². The molecule has 0 radical (unpaired) electrons. The van der Waals surface area contributed by atoms with Crippen LogP contribution < -0.4 is 11.1 Å². The zero-order valence-corrected chi connectivity index (χ0v) is 13.5. The molecule has 3 N–H and O–H groups in total. The smallest absolute Gasteiger partial charge is 0.00698 e. The topological polar surface area (TPSA) is 38.0 Å². The van der Waals surface area contributed by atoms with Gasteiger partial charge in [0.25, 0.3) is 0 Å². The standard InChI is InChI=1S/C17H34N2/c1-5-8-17(9-10-17)12-19-11-14-6-7-15(18)13(2)16(14,3)4/h13-15,19H,5-12,18H2,1-4H3. The lowest BCUT2D eigenvalue weighted by atomic mass is 9.61. The lowest BCUT2D eigenvalue weighted by Crippen LogP contribution is -2.49. The fourth-order valence-electron chi connectivity index (χ4n) is 4.04. The van der Waals surface area contributed by atoms with Gasteiger partial charge in [-0.2, -0.15) is 0 Å². The van der Waals surface area contributed by atoms with Gasteiger partial charge in [-0.25, -0.2) is 0 Å². The Balaban J connectivity index is 1.79. The average Bonchev–Trinajstić information content (AvgIpc) is 3.10. The predicted molar refractivity (Wildman–Crippen MR) is 83.1 cm³/mol. The van der Waals surface area contributed by atoms with Crippen LogP contribution in [0.3, 0.4) is 0 Å². The zero-order chi connectivity index (χ0) is 14.1. The van der Waals surface area contributed by atoms with E-state index in [0.717, 1.165) is 5.92 Å². The molecule has 0 aromatic heterocycles. The maximum Gasteiger partial charge on any atom is 0.00698 e. The van der Waals surface area contributed by atoms with Gasteiger partial charge < -0.3 is 11.1 Å². The van der Waals surface area contributed by atoms with Crippen LogP contribution in [0.25, 0.3) is 0 Å². The molecule has 0 aromatic rings. The molecule has 2 rings (SSSR count). The summed E-state index contributed by atoms with van der Waals surface area (Å²) < 4.78 is 0. The van der Waals surface area contributed by atoms with E-state index in [1.165, 1.54) is 51.6 Å². The highest BCUT2D eigenvalue weighted by Crippen LogP contribution is 2.49. The zero-order valence-electron chi connectivity index (χ0n) is 13.5. The Bertz CT molecular complexity index is 294. The van der Waals surface area contributed by atoms with E-state index in [-0.39, 0.29) is 0 Å². The lowest BCUT2D eigenvalue weighted by Gasteiger charge is -2.47. The highest BCUT2D eigenvalue weighted by atomic mass is 14.9. The molecule has 0 heterocycles. The maximum atomic E-state index is 6.24. The third-order valence-electron chi connectivity index (χ3n) is 6.34. The normalized spacial score (nSPS) is 36.2. The Morgan fingerprint density at radius 1 is 1.21 bits per heavy atom. The molecule has 2 nitrogen and oxygen atoms in total. The Morgan fingerprint density at radius 2 is 1.89 bits per heavy atom. The second kappa shape index (κ2) is 5.73. The molecule has 2 aliphatic rings. The molecule has 3 unspecified atom stereocenters. The molecule has 19 heavy (non-hydrogen) atoms. The summed E-state index contributed by atoms with van der Waals surface area (Å²) in [5.41, 5.74) is 7.30. The Labute approximate surface area is 119 Å². The molecule has 112 valence electrons. The minimum absolute atomic E-state index is 0.381. The van der Waals surface area contributed by atoms with Crippen LogP contribution in [0.5, 0.6) is 0 Å². The molecule has 0 aliphatic heterocycles. The van der Waals surface area contributed by atoms with Crippen LogP contribution in [-0.2, 0) is 0 Å². The fraction of sp³-hybridized carbons (Fsp3) is 1.00. The van der Waals surface area contributed by atoms with Crippen molar-refractivity contribution in [1.29, 1.82) is 0 Å². The quantitative estimate of drug-likeness (QED) is 0.771. The maximum absolute atomic E-state index is 6.24. The van der Waals surface area contributed by atoms with E-state index in [9.17, 15) is 0 Å². The fourth-order valence-corrected chi connectivity index (χ4v) is 4.04. The number of hydrogen-bond donors (Lipinski definition) is 2. The first-order valence-corrected chi connectivity index (χ1v) is 8.37. The summed E-state index contributed by atoms with van der Waals surface area (Å²) in [6.07, 6.45) is 8.15. The summed E-state index contributed by atoms with van der Waals surface area (Å²) >= 11 is 0. The summed E-state index contributed by atoms with van der Waals surface area (Å²) in [6, 6.07) is 0.404. The molecular weight excluding hydrogens is 232 g/mol. The van der Waals surface area contributed by atoms with Crippen molar-refractivity contribution in [3.63, 3.8) is 0 Å². The second-order valence-corrected chi connectivity index (χ2v) is 7.93. The molecule has 0 saturated heterocycles. The van der Waals surface area contributed by atoms with Gasteiger partial charge in [0.05, 0.1) is 0 Å². The molecule has 3 atom stereocenters. The molecule has 2 fully saturated rings. The van der Waals surface area contributed by atoms with Gasteiger partial charge in [0.15, 0.2) is 0 Å². The highest BCUT2D eigenvalue weighted by Gasteiger charge is 2.43. The first-order valence-electron chi connectivity index (χ1n) is 8.37. The van der Waals surface area contributed by atoms with Gasteiger partial charge in [0.2, 0.25) is 0 Å². The third kappa shape index (κ3) is 3.33. The van der Waals surface area contributed by atoms with Crippen LogP contribution in [0.2, 0.25) is 0 Å². The van der Waals surface area contributed by atoms with Crippen LogP contribution in [0.1, 0.15) is 66.2 Å². The molecule has 0 aromatic carbocycles. The van der Waals surface area contributed by atoms with Crippen molar-refractivity contribution < 1.29 is 0 Å². The minimum atomic E-state index is 0.381. The number of nitrogens with two attached hydrogens (primary N) is 1.